The second-order valence-corrected chi connectivity index (χ2v) is 11.0. The molecule has 9 nitrogen and oxygen atoms in total. The number of amides is 1. The number of hydrogen-bond acceptors (Lipinski definition) is 6. The highest BCUT2D eigenvalue weighted by Gasteiger charge is 2.22. The molecule has 0 heterocycles. The number of carbonyl (C=O) groups excluding carboxylic acids is 1. The summed E-state index contributed by atoms with van der Waals surface area (Å²) in [5.74, 6) is -1.74. The van der Waals surface area contributed by atoms with E-state index in [-0.39, 0.29) is 29.1 Å². The number of hydrogen-bond donors (Lipinski definition) is 4. The van der Waals surface area contributed by atoms with E-state index in [1.54, 1.807) is 48.5 Å². The summed E-state index contributed by atoms with van der Waals surface area (Å²) in [6.45, 7) is -0.0944. The molecule has 4 N–H and O–H groups in total. The molecule has 0 bridgehead atoms. The van der Waals surface area contributed by atoms with Crippen LogP contribution < -0.4 is 14.8 Å². The molecular weight excluding hydrogens is 556 g/mol. The lowest BCUT2D eigenvalue weighted by Gasteiger charge is -2.19. The van der Waals surface area contributed by atoms with Crippen LogP contribution in [0.25, 0.3) is 0 Å². The van der Waals surface area contributed by atoms with Gasteiger partial charge in [-0.2, -0.15) is 0 Å². The average molecular weight is 581 g/mol. The van der Waals surface area contributed by atoms with E-state index < -0.39 is 33.6 Å². The number of carbonyl (C=O) groups is 2. The minimum Gasteiger partial charge on any atom is -0.507 e. The fraction of sp³-hybridized carbons (Fsp3) is 0.103. The number of anilines is 1. The van der Waals surface area contributed by atoms with Crippen LogP contribution in [0.3, 0.4) is 0 Å². The summed E-state index contributed by atoms with van der Waals surface area (Å²) in [6, 6.07) is 25.4. The van der Waals surface area contributed by atoms with Gasteiger partial charge in [0.1, 0.15) is 22.8 Å². The van der Waals surface area contributed by atoms with E-state index in [1.165, 1.54) is 24.3 Å². The van der Waals surface area contributed by atoms with Gasteiger partial charge in [-0.25, -0.2) is 17.9 Å². The first kappa shape index (κ1) is 28.6. The lowest BCUT2D eigenvalue weighted by atomic mass is 9.95. The van der Waals surface area contributed by atoms with Gasteiger partial charge in [-0.15, -0.1) is 0 Å². The van der Waals surface area contributed by atoms with Gasteiger partial charge in [0.2, 0.25) is 15.9 Å². The van der Waals surface area contributed by atoms with Crippen molar-refractivity contribution in [3.63, 3.8) is 0 Å². The number of rotatable bonds is 11. The van der Waals surface area contributed by atoms with Gasteiger partial charge in [-0.3, -0.25) is 4.79 Å². The van der Waals surface area contributed by atoms with Crippen LogP contribution >= 0.6 is 11.6 Å². The van der Waals surface area contributed by atoms with Gasteiger partial charge in [0.15, 0.2) is 0 Å². The molecule has 0 fully saturated rings. The predicted molar refractivity (Wildman–Crippen MR) is 151 cm³/mol. The first-order valence-electron chi connectivity index (χ1n) is 12.0. The third-order valence-electron chi connectivity index (χ3n) is 5.92. The number of phenols is 1. The van der Waals surface area contributed by atoms with Crippen LogP contribution in [0.4, 0.5) is 5.69 Å². The number of sulfonamides is 1. The van der Waals surface area contributed by atoms with Crippen LogP contribution in [-0.4, -0.2) is 37.1 Å². The number of aromatic carboxylic acids is 1. The molecule has 0 saturated carbocycles. The third-order valence-corrected chi connectivity index (χ3v) is 7.61. The molecule has 1 unspecified atom stereocenters. The third kappa shape index (κ3) is 7.60. The summed E-state index contributed by atoms with van der Waals surface area (Å²) in [6.07, 6.45) is -0.116. The van der Waals surface area contributed by atoms with E-state index in [0.29, 0.717) is 22.1 Å². The Morgan fingerprint density at radius 3 is 2.15 bits per heavy atom. The molecular formula is C29H25ClN2O7S. The van der Waals surface area contributed by atoms with Crippen molar-refractivity contribution < 1.29 is 33.0 Å². The highest BCUT2D eigenvalue weighted by atomic mass is 35.5. The Kier molecular flexibility index (Phi) is 9.05. The van der Waals surface area contributed by atoms with Gasteiger partial charge in [-0.05, 0) is 66.2 Å². The van der Waals surface area contributed by atoms with Crippen molar-refractivity contribution in [2.24, 2.45) is 0 Å². The number of ether oxygens (including phenoxy) is 1. The lowest BCUT2D eigenvalue weighted by molar-refractivity contribution is -0.116. The second kappa shape index (κ2) is 12.6. The van der Waals surface area contributed by atoms with E-state index in [1.807, 2.05) is 18.2 Å². The van der Waals surface area contributed by atoms with Crippen LogP contribution in [0.15, 0.2) is 102 Å². The Morgan fingerprint density at radius 1 is 0.875 bits per heavy atom. The Hall–Kier alpha value is -4.38. The summed E-state index contributed by atoms with van der Waals surface area (Å²) in [7, 11) is -3.93. The molecule has 0 spiro atoms. The van der Waals surface area contributed by atoms with Crippen molar-refractivity contribution in [2.75, 3.05) is 11.9 Å². The molecule has 11 heteroatoms. The van der Waals surface area contributed by atoms with Crippen molar-refractivity contribution in [3.05, 3.63) is 113 Å². The molecule has 0 saturated heterocycles. The topological polar surface area (TPSA) is 142 Å². The molecule has 4 rings (SSSR count). The van der Waals surface area contributed by atoms with Crippen molar-refractivity contribution in [2.45, 2.75) is 17.2 Å². The second-order valence-electron chi connectivity index (χ2n) is 8.78. The van der Waals surface area contributed by atoms with E-state index in [4.69, 9.17) is 21.4 Å². The largest absolute Gasteiger partial charge is 0.507 e. The Balaban J connectivity index is 1.45. The maximum Gasteiger partial charge on any atom is 0.339 e. The monoisotopic (exact) mass is 580 g/mol. The lowest BCUT2D eigenvalue weighted by Crippen LogP contribution is -2.30. The van der Waals surface area contributed by atoms with Crippen LogP contribution in [0, 0.1) is 0 Å². The van der Waals surface area contributed by atoms with Gasteiger partial charge in [0.05, 0.1) is 4.90 Å². The molecule has 0 aromatic heterocycles. The minimum absolute atomic E-state index is 0.0289. The summed E-state index contributed by atoms with van der Waals surface area (Å²) in [5, 5.41) is 22.1. The molecule has 0 radical (unpaired) electrons. The van der Waals surface area contributed by atoms with E-state index in [9.17, 15) is 23.1 Å². The number of carboxylic acid groups (broad SMARTS) is 1. The molecule has 1 atom stereocenters. The average Bonchev–Trinajstić information content (AvgIpc) is 2.92. The molecule has 0 aliphatic rings. The first-order valence-corrected chi connectivity index (χ1v) is 13.9. The molecule has 206 valence electrons. The molecule has 4 aromatic carbocycles. The maximum atomic E-state index is 13.0. The summed E-state index contributed by atoms with van der Waals surface area (Å²) < 4.78 is 34.4. The number of carboxylic acids is 1. The van der Waals surface area contributed by atoms with Crippen LogP contribution in [0.1, 0.15) is 28.3 Å². The predicted octanol–water partition coefficient (Wildman–Crippen LogP) is 5.63. The maximum absolute atomic E-state index is 13.0. The molecule has 0 aliphatic heterocycles. The van der Waals surface area contributed by atoms with Crippen molar-refractivity contribution in [1.82, 2.24) is 4.72 Å². The van der Waals surface area contributed by atoms with Gasteiger partial charge >= 0.3 is 5.97 Å². The molecule has 1 amide bonds. The van der Waals surface area contributed by atoms with E-state index in [0.717, 1.165) is 6.07 Å². The van der Waals surface area contributed by atoms with Crippen molar-refractivity contribution in [1.29, 1.82) is 0 Å². The number of halogens is 1. The van der Waals surface area contributed by atoms with Crippen LogP contribution in [0.5, 0.6) is 17.2 Å². The van der Waals surface area contributed by atoms with Gasteiger partial charge in [0, 0.05) is 35.7 Å². The molecule has 40 heavy (non-hydrogen) atoms. The van der Waals surface area contributed by atoms with Crippen molar-refractivity contribution >= 4 is 39.2 Å². The quantitative estimate of drug-likeness (QED) is 0.180. The number of benzene rings is 4. The van der Waals surface area contributed by atoms with Crippen LogP contribution in [-0.2, 0) is 14.8 Å². The zero-order chi connectivity index (χ0) is 28.7. The van der Waals surface area contributed by atoms with E-state index in [2.05, 4.69) is 10.0 Å². The van der Waals surface area contributed by atoms with Gasteiger partial charge in [0.25, 0.3) is 0 Å². The molecule has 4 aromatic rings. The van der Waals surface area contributed by atoms with Gasteiger partial charge < -0.3 is 20.3 Å². The fourth-order valence-corrected chi connectivity index (χ4v) is 5.08. The zero-order valence-corrected chi connectivity index (χ0v) is 22.5. The van der Waals surface area contributed by atoms with Crippen LogP contribution in [0.2, 0.25) is 5.02 Å². The number of aromatic hydroxyl groups is 1. The van der Waals surface area contributed by atoms with Gasteiger partial charge in [-0.1, -0.05) is 41.9 Å². The first-order chi connectivity index (χ1) is 19.1. The summed E-state index contributed by atoms with van der Waals surface area (Å²) >= 11 is 6.01. The Labute approximate surface area is 236 Å². The zero-order valence-electron chi connectivity index (χ0n) is 21.0. The standard InChI is InChI=1S/C29H25ClN2O7S/c30-21-8-6-19(7-9-21)20(16-28(34)32-22-10-15-26(29(35)36)27(33)17-22)18-31-40(37,38)25-13-11-24(12-14-25)39-23-4-2-1-3-5-23/h1-15,17,20,31,33H,16,18H2,(H,32,34)(H,35,36). The minimum atomic E-state index is -3.93. The highest BCUT2D eigenvalue weighted by Crippen LogP contribution is 2.26. The van der Waals surface area contributed by atoms with E-state index >= 15 is 0 Å². The fourth-order valence-electron chi connectivity index (χ4n) is 3.87. The SMILES string of the molecule is O=C(CC(CNS(=O)(=O)c1ccc(Oc2ccccc2)cc1)c1ccc(Cl)cc1)Nc1ccc(C(=O)O)c(O)c1. The highest BCUT2D eigenvalue weighted by molar-refractivity contribution is 7.89. The Morgan fingerprint density at radius 2 is 1.52 bits per heavy atom. The molecule has 0 aliphatic carbocycles. The smallest absolute Gasteiger partial charge is 0.339 e. The van der Waals surface area contributed by atoms with Crippen molar-refractivity contribution in [3.8, 4) is 17.2 Å². The number of nitrogens with one attached hydrogen (secondary N) is 2. The summed E-state index contributed by atoms with van der Waals surface area (Å²) in [4.78, 5) is 24.0. The number of para-hydroxylation sites is 1. The summed E-state index contributed by atoms with van der Waals surface area (Å²) in [5.41, 5.74) is 0.574. The normalized spacial score (nSPS) is 11.9. The Bertz CT molecular complexity index is 1590.